The summed E-state index contributed by atoms with van der Waals surface area (Å²) in [6.45, 7) is 5.01. The van der Waals surface area contributed by atoms with Gasteiger partial charge in [0.2, 0.25) is 0 Å². The van der Waals surface area contributed by atoms with Crippen LogP contribution >= 0.6 is 27.7 Å². The fraction of sp³-hybridized carbons (Fsp3) is 0.333. The number of aryl methyl sites for hydroxylation is 1. The zero-order valence-corrected chi connectivity index (χ0v) is 12.3. The van der Waals surface area contributed by atoms with Gasteiger partial charge in [-0.25, -0.2) is 0 Å². The zero-order valence-electron chi connectivity index (χ0n) is 9.85. The van der Waals surface area contributed by atoms with Crippen LogP contribution in [0.2, 0.25) is 0 Å². The Balaban J connectivity index is 2.07. The summed E-state index contributed by atoms with van der Waals surface area (Å²) in [7, 11) is 0. The molecule has 3 nitrogen and oxygen atoms in total. The monoisotopic (exact) mass is 311 g/mol. The van der Waals surface area contributed by atoms with Gasteiger partial charge in [-0.05, 0) is 31.5 Å². The average Bonchev–Trinajstić information content (AvgIpc) is 2.67. The molecule has 0 fully saturated rings. The fourth-order valence-electron chi connectivity index (χ4n) is 1.61. The van der Waals surface area contributed by atoms with Gasteiger partial charge in [0.05, 0.1) is 0 Å². The molecule has 90 valence electrons. The third kappa shape index (κ3) is 3.10. The molecular weight excluding hydrogens is 298 g/mol. The van der Waals surface area contributed by atoms with Gasteiger partial charge in [-0.3, -0.25) is 0 Å². The summed E-state index contributed by atoms with van der Waals surface area (Å²) in [4.78, 5) is 0. The molecule has 0 amide bonds. The van der Waals surface area contributed by atoms with E-state index in [2.05, 4.69) is 55.8 Å². The van der Waals surface area contributed by atoms with E-state index in [4.69, 9.17) is 0 Å². The van der Waals surface area contributed by atoms with E-state index in [1.165, 1.54) is 5.56 Å². The second kappa shape index (κ2) is 5.69. The van der Waals surface area contributed by atoms with Crippen molar-refractivity contribution in [2.24, 2.45) is 0 Å². The third-order valence-corrected chi connectivity index (χ3v) is 4.01. The first kappa shape index (κ1) is 12.6. The summed E-state index contributed by atoms with van der Waals surface area (Å²) in [5, 5.41) is 9.28. The second-order valence-electron chi connectivity index (χ2n) is 3.69. The van der Waals surface area contributed by atoms with Crippen molar-refractivity contribution in [1.82, 2.24) is 14.8 Å². The van der Waals surface area contributed by atoms with Crippen LogP contribution in [0, 0.1) is 6.92 Å². The van der Waals surface area contributed by atoms with E-state index in [9.17, 15) is 0 Å². The van der Waals surface area contributed by atoms with Crippen molar-refractivity contribution in [2.45, 2.75) is 31.3 Å². The van der Waals surface area contributed by atoms with Gasteiger partial charge in [0.15, 0.2) is 5.16 Å². The van der Waals surface area contributed by atoms with E-state index in [0.717, 1.165) is 27.8 Å². The van der Waals surface area contributed by atoms with Gasteiger partial charge in [-0.2, -0.15) is 0 Å². The topological polar surface area (TPSA) is 30.7 Å². The summed E-state index contributed by atoms with van der Waals surface area (Å²) in [5.74, 6) is 1.89. The number of nitrogens with zero attached hydrogens (tertiary/aromatic N) is 3. The molecule has 2 aromatic rings. The van der Waals surface area contributed by atoms with Crippen molar-refractivity contribution >= 4 is 27.7 Å². The van der Waals surface area contributed by atoms with Crippen LogP contribution in [0.4, 0.5) is 0 Å². The van der Waals surface area contributed by atoms with Crippen molar-refractivity contribution < 1.29 is 0 Å². The molecule has 0 aliphatic heterocycles. The number of hydrogen-bond donors (Lipinski definition) is 0. The molecule has 1 aromatic carbocycles. The van der Waals surface area contributed by atoms with Crippen LogP contribution in [-0.2, 0) is 12.3 Å². The lowest BCUT2D eigenvalue weighted by Crippen LogP contribution is -1.99. The molecule has 2 rings (SSSR count). The third-order valence-electron chi connectivity index (χ3n) is 2.47. The highest BCUT2D eigenvalue weighted by Gasteiger charge is 2.07. The maximum atomic E-state index is 4.19. The van der Waals surface area contributed by atoms with Crippen LogP contribution in [0.15, 0.2) is 33.9 Å². The molecular formula is C12H14BrN3S. The van der Waals surface area contributed by atoms with Crippen molar-refractivity contribution in [3.8, 4) is 0 Å². The van der Waals surface area contributed by atoms with Gasteiger partial charge < -0.3 is 4.57 Å². The highest BCUT2D eigenvalue weighted by Crippen LogP contribution is 2.23. The minimum Gasteiger partial charge on any atom is -0.307 e. The highest BCUT2D eigenvalue weighted by molar-refractivity contribution is 9.10. The normalized spacial score (nSPS) is 10.8. The van der Waals surface area contributed by atoms with E-state index in [0.29, 0.717) is 0 Å². The maximum Gasteiger partial charge on any atom is 0.191 e. The molecule has 0 saturated carbocycles. The number of rotatable bonds is 4. The molecule has 0 radical (unpaired) electrons. The SMILES string of the molecule is CCn1c(C)nnc1SCc1cccc(Br)c1. The molecule has 0 aliphatic carbocycles. The van der Waals surface area contributed by atoms with E-state index >= 15 is 0 Å². The van der Waals surface area contributed by atoms with Gasteiger partial charge in [0.1, 0.15) is 5.82 Å². The van der Waals surface area contributed by atoms with Crippen molar-refractivity contribution in [3.63, 3.8) is 0 Å². The average molecular weight is 312 g/mol. The Morgan fingerprint density at radius 2 is 2.18 bits per heavy atom. The van der Waals surface area contributed by atoms with Gasteiger partial charge >= 0.3 is 0 Å². The highest BCUT2D eigenvalue weighted by atomic mass is 79.9. The van der Waals surface area contributed by atoms with Gasteiger partial charge in [-0.15, -0.1) is 10.2 Å². The molecule has 1 heterocycles. The predicted octanol–water partition coefficient (Wildman–Crippen LogP) is 3.66. The van der Waals surface area contributed by atoms with Crippen LogP contribution < -0.4 is 0 Å². The zero-order chi connectivity index (χ0) is 12.3. The lowest BCUT2D eigenvalue weighted by molar-refractivity contribution is 0.662. The number of hydrogen-bond acceptors (Lipinski definition) is 3. The van der Waals surface area contributed by atoms with Crippen molar-refractivity contribution in [3.05, 3.63) is 40.1 Å². The quantitative estimate of drug-likeness (QED) is 0.807. The predicted molar refractivity (Wildman–Crippen MR) is 74.1 cm³/mol. The Bertz CT molecular complexity index is 510. The summed E-state index contributed by atoms with van der Waals surface area (Å²) in [6.07, 6.45) is 0. The minimum atomic E-state index is 0.914. The number of thioether (sulfide) groups is 1. The molecule has 0 N–H and O–H groups in total. The molecule has 1 aromatic heterocycles. The van der Waals surface area contributed by atoms with Gasteiger partial charge in [0, 0.05) is 16.8 Å². The summed E-state index contributed by atoms with van der Waals surface area (Å²) < 4.78 is 3.24. The maximum absolute atomic E-state index is 4.19. The molecule has 0 aliphatic rings. The second-order valence-corrected chi connectivity index (χ2v) is 5.55. The molecule has 0 bridgehead atoms. The van der Waals surface area contributed by atoms with Crippen LogP contribution in [0.25, 0.3) is 0 Å². The molecule has 0 unspecified atom stereocenters. The standard InChI is InChI=1S/C12H14BrN3S/c1-3-16-9(2)14-15-12(16)17-8-10-5-4-6-11(13)7-10/h4-7H,3,8H2,1-2H3. The minimum absolute atomic E-state index is 0.914. The van der Waals surface area contributed by atoms with Crippen LogP contribution in [0.3, 0.4) is 0 Å². The van der Waals surface area contributed by atoms with Crippen LogP contribution in [0.5, 0.6) is 0 Å². The summed E-state index contributed by atoms with van der Waals surface area (Å²) >= 11 is 5.20. The first-order chi connectivity index (χ1) is 8.20. The summed E-state index contributed by atoms with van der Waals surface area (Å²) in [5.41, 5.74) is 1.28. The lowest BCUT2D eigenvalue weighted by atomic mass is 10.2. The lowest BCUT2D eigenvalue weighted by Gasteiger charge is -2.05. The van der Waals surface area contributed by atoms with E-state index < -0.39 is 0 Å². The Morgan fingerprint density at radius 1 is 1.35 bits per heavy atom. The first-order valence-electron chi connectivity index (χ1n) is 5.47. The van der Waals surface area contributed by atoms with E-state index in [-0.39, 0.29) is 0 Å². The Morgan fingerprint density at radius 3 is 2.88 bits per heavy atom. The first-order valence-corrected chi connectivity index (χ1v) is 7.25. The van der Waals surface area contributed by atoms with Crippen LogP contribution in [-0.4, -0.2) is 14.8 Å². The molecule has 5 heteroatoms. The molecule has 0 atom stereocenters. The van der Waals surface area contributed by atoms with Crippen molar-refractivity contribution in [1.29, 1.82) is 0 Å². The van der Waals surface area contributed by atoms with Gasteiger partial charge in [0.25, 0.3) is 0 Å². The summed E-state index contributed by atoms with van der Waals surface area (Å²) in [6, 6.07) is 8.34. The molecule has 0 saturated heterocycles. The molecule has 0 spiro atoms. The van der Waals surface area contributed by atoms with E-state index in [1.54, 1.807) is 11.8 Å². The Labute approximate surface area is 114 Å². The molecule has 17 heavy (non-hydrogen) atoms. The van der Waals surface area contributed by atoms with Crippen molar-refractivity contribution in [2.75, 3.05) is 0 Å². The Kier molecular flexibility index (Phi) is 4.23. The number of aromatic nitrogens is 3. The number of halogens is 1. The number of benzene rings is 1. The van der Waals surface area contributed by atoms with Crippen LogP contribution in [0.1, 0.15) is 18.3 Å². The Hall–Kier alpha value is -0.810. The largest absolute Gasteiger partial charge is 0.307 e. The smallest absolute Gasteiger partial charge is 0.191 e. The van der Waals surface area contributed by atoms with Gasteiger partial charge in [-0.1, -0.05) is 39.8 Å². The van der Waals surface area contributed by atoms with E-state index in [1.807, 2.05) is 13.0 Å². The fourth-order valence-corrected chi connectivity index (χ4v) is 3.04.